The largest absolute Gasteiger partial charge is 0.493 e. The Morgan fingerprint density at radius 3 is 2.67 bits per heavy atom. The van der Waals surface area contributed by atoms with Crippen molar-refractivity contribution < 1.29 is 14.4 Å². The van der Waals surface area contributed by atoms with Gasteiger partial charge in [-0.3, -0.25) is 0 Å². The molecule has 0 bridgehead atoms. The van der Waals surface area contributed by atoms with E-state index < -0.39 is 0 Å². The fourth-order valence-electron chi connectivity index (χ4n) is 3.44. The number of nitrogens with zero attached hydrogens (tertiary/aromatic N) is 1. The molecule has 0 radical (unpaired) electrons. The lowest BCUT2D eigenvalue weighted by Gasteiger charge is -2.39. The van der Waals surface area contributed by atoms with Crippen LogP contribution in [0.1, 0.15) is 22.0 Å². The molecule has 0 aliphatic carbocycles. The smallest absolute Gasteiger partial charge is 0.169 e. The number of rotatable bonds is 6. The van der Waals surface area contributed by atoms with Crippen molar-refractivity contribution in [3.63, 3.8) is 0 Å². The van der Waals surface area contributed by atoms with Gasteiger partial charge in [-0.15, -0.1) is 11.3 Å². The van der Waals surface area contributed by atoms with Crippen LogP contribution in [0.4, 0.5) is 0 Å². The lowest BCUT2D eigenvalue weighted by molar-refractivity contribution is -0.856. The minimum Gasteiger partial charge on any atom is -0.493 e. The zero-order valence-corrected chi connectivity index (χ0v) is 18.0. The third-order valence-electron chi connectivity index (χ3n) is 4.85. The van der Waals surface area contributed by atoms with E-state index >= 15 is 0 Å². The Morgan fingerprint density at radius 1 is 1.30 bits per heavy atom. The maximum atomic E-state index is 5.77. The fraction of sp³-hybridized carbons (Fsp3) is 0.450. The van der Waals surface area contributed by atoms with Crippen molar-refractivity contribution >= 4 is 28.7 Å². The molecule has 1 aliphatic rings. The van der Waals surface area contributed by atoms with Gasteiger partial charge in [0.2, 0.25) is 0 Å². The monoisotopic (exact) mass is 406 g/mol. The first kappa shape index (κ1) is 19.9. The van der Waals surface area contributed by atoms with Crippen LogP contribution in [0.5, 0.6) is 11.5 Å². The third-order valence-corrected chi connectivity index (χ3v) is 6.15. The van der Waals surface area contributed by atoms with Crippen molar-refractivity contribution in [2.24, 2.45) is 0 Å². The zero-order valence-electron chi connectivity index (χ0n) is 16.4. The molecule has 1 aliphatic heterocycles. The van der Waals surface area contributed by atoms with Crippen LogP contribution in [0.15, 0.2) is 29.6 Å². The number of methoxy groups -OCH3 is 2. The Hall–Kier alpha value is -1.83. The third kappa shape index (κ3) is 4.36. The topological polar surface area (TPSA) is 38.2 Å². The highest BCUT2D eigenvalue weighted by Crippen LogP contribution is 2.42. The Balaban J connectivity index is 1.94. The van der Waals surface area contributed by atoms with Gasteiger partial charge in [0, 0.05) is 11.4 Å². The predicted molar refractivity (Wildman–Crippen MR) is 114 cm³/mol. The number of hydrogen-bond acceptors (Lipinski definition) is 4. The molecule has 0 saturated carbocycles. The van der Waals surface area contributed by atoms with Crippen molar-refractivity contribution in [1.29, 1.82) is 0 Å². The summed E-state index contributed by atoms with van der Waals surface area (Å²) in [4.78, 5) is 4.99. The van der Waals surface area contributed by atoms with Crippen molar-refractivity contribution in [2.45, 2.75) is 12.5 Å². The summed E-state index contributed by atoms with van der Waals surface area (Å²) in [6, 6.07) is 8.59. The molecule has 0 spiro atoms. The molecule has 146 valence electrons. The number of quaternary nitrogens is 1. The first-order valence-electron chi connectivity index (χ1n) is 9.16. The van der Waals surface area contributed by atoms with Crippen molar-refractivity contribution in [3.05, 3.63) is 45.6 Å². The van der Waals surface area contributed by atoms with Crippen LogP contribution >= 0.6 is 23.6 Å². The average molecular weight is 407 g/mol. The van der Waals surface area contributed by atoms with Gasteiger partial charge in [-0.2, -0.15) is 0 Å². The second-order valence-corrected chi connectivity index (χ2v) is 8.32. The van der Waals surface area contributed by atoms with Crippen molar-refractivity contribution in [1.82, 2.24) is 10.2 Å². The molecule has 2 heterocycles. The van der Waals surface area contributed by atoms with Gasteiger partial charge in [0.05, 0.1) is 47.4 Å². The molecule has 0 amide bonds. The van der Waals surface area contributed by atoms with Gasteiger partial charge < -0.3 is 24.6 Å². The van der Waals surface area contributed by atoms with E-state index in [0.717, 1.165) is 42.7 Å². The lowest BCUT2D eigenvalue weighted by atomic mass is 9.91. The minimum absolute atomic E-state index is 0.0975. The SMILES string of the molecule is COc1cc2c(cc1OC)[C@@H](c1cccs1)N(C(=S)NCC[NH+](C)C)CC2. The summed E-state index contributed by atoms with van der Waals surface area (Å²) < 4.78 is 11.1. The van der Waals surface area contributed by atoms with Crippen LogP contribution in [-0.4, -0.2) is 58.0 Å². The van der Waals surface area contributed by atoms with Crippen LogP contribution in [0.3, 0.4) is 0 Å². The van der Waals surface area contributed by atoms with Gasteiger partial charge in [-0.1, -0.05) is 6.07 Å². The molecule has 0 fully saturated rings. The number of thiophene rings is 1. The van der Waals surface area contributed by atoms with E-state index in [9.17, 15) is 0 Å². The standard InChI is InChI=1S/C20H27N3O2S2/c1-22(2)10-8-21-20(26)23-9-7-14-12-16(24-3)17(25-4)13-15(14)19(23)18-6-5-11-27-18/h5-6,11-13,19H,7-10H2,1-4H3,(H,21,26)/p+1/t19-/m0/s1. The molecule has 1 atom stereocenters. The highest BCUT2D eigenvalue weighted by molar-refractivity contribution is 7.80. The summed E-state index contributed by atoms with van der Waals surface area (Å²) in [5.74, 6) is 1.54. The van der Waals surface area contributed by atoms with Gasteiger partial charge in [-0.25, -0.2) is 0 Å². The van der Waals surface area contributed by atoms with E-state index in [-0.39, 0.29) is 6.04 Å². The summed E-state index contributed by atoms with van der Waals surface area (Å²) in [5.41, 5.74) is 2.53. The Kier molecular flexibility index (Phi) is 6.57. The van der Waals surface area contributed by atoms with Gasteiger partial charge in [0.1, 0.15) is 0 Å². The number of nitrogens with one attached hydrogen (secondary N) is 2. The van der Waals surface area contributed by atoms with E-state index in [1.807, 2.05) is 0 Å². The molecule has 0 unspecified atom stereocenters. The lowest BCUT2D eigenvalue weighted by Crippen LogP contribution is -3.06. The quantitative estimate of drug-likeness (QED) is 0.715. The van der Waals surface area contributed by atoms with Gasteiger partial charge in [0.15, 0.2) is 16.6 Å². The molecule has 1 aromatic heterocycles. The van der Waals surface area contributed by atoms with Crippen LogP contribution in [0, 0.1) is 0 Å². The molecule has 2 aromatic rings. The zero-order chi connectivity index (χ0) is 19.4. The number of thiocarbonyl (C=S) groups is 1. The first-order valence-corrected chi connectivity index (χ1v) is 10.5. The van der Waals surface area contributed by atoms with Gasteiger partial charge >= 0.3 is 0 Å². The average Bonchev–Trinajstić information content (AvgIpc) is 3.19. The van der Waals surface area contributed by atoms with E-state index in [0.29, 0.717) is 0 Å². The van der Waals surface area contributed by atoms with E-state index in [1.54, 1.807) is 25.6 Å². The van der Waals surface area contributed by atoms with Crippen LogP contribution in [0.25, 0.3) is 0 Å². The molecule has 2 N–H and O–H groups in total. The number of likely N-dealkylation sites (N-methyl/N-ethyl adjacent to an activating group) is 1. The molecule has 3 rings (SSSR count). The Morgan fingerprint density at radius 2 is 2.04 bits per heavy atom. The Labute approximate surface area is 170 Å². The summed E-state index contributed by atoms with van der Waals surface area (Å²) in [7, 11) is 7.66. The van der Waals surface area contributed by atoms with Gasteiger partial charge in [-0.05, 0) is 53.3 Å². The van der Waals surface area contributed by atoms with Gasteiger partial charge in [0.25, 0.3) is 0 Å². The number of fused-ring (bicyclic) bond motifs is 1. The van der Waals surface area contributed by atoms with Crippen LogP contribution in [-0.2, 0) is 6.42 Å². The highest BCUT2D eigenvalue weighted by Gasteiger charge is 2.32. The van der Waals surface area contributed by atoms with Crippen molar-refractivity contribution in [3.8, 4) is 11.5 Å². The molecule has 1 aromatic carbocycles. The highest BCUT2D eigenvalue weighted by atomic mass is 32.1. The summed E-state index contributed by atoms with van der Waals surface area (Å²) in [6.07, 6.45) is 0.929. The maximum Gasteiger partial charge on any atom is 0.169 e. The summed E-state index contributed by atoms with van der Waals surface area (Å²) in [6.45, 7) is 2.78. The molecule has 7 heteroatoms. The molecule has 27 heavy (non-hydrogen) atoms. The molecular weight excluding hydrogens is 378 g/mol. The fourth-order valence-corrected chi connectivity index (χ4v) is 4.59. The summed E-state index contributed by atoms with van der Waals surface area (Å²) in [5, 5.41) is 6.38. The van der Waals surface area contributed by atoms with Crippen LogP contribution in [0.2, 0.25) is 0 Å². The van der Waals surface area contributed by atoms with Crippen molar-refractivity contribution in [2.75, 3.05) is 47.9 Å². The second-order valence-electron chi connectivity index (χ2n) is 6.96. The normalized spacial score (nSPS) is 16.2. The Bertz CT molecular complexity index is 778. The number of hydrogen-bond donors (Lipinski definition) is 2. The predicted octanol–water partition coefficient (Wildman–Crippen LogP) is 1.73. The first-order chi connectivity index (χ1) is 13.0. The second kappa shape index (κ2) is 8.91. The summed E-state index contributed by atoms with van der Waals surface area (Å²) >= 11 is 7.53. The number of benzene rings is 1. The van der Waals surface area contributed by atoms with Crippen LogP contribution < -0.4 is 19.7 Å². The molecule has 0 saturated heterocycles. The molecule has 5 nitrogen and oxygen atoms in total. The minimum atomic E-state index is 0.0975. The number of ether oxygens (including phenoxy) is 2. The van der Waals surface area contributed by atoms with E-state index in [1.165, 1.54) is 20.9 Å². The van der Waals surface area contributed by atoms with E-state index in [2.05, 4.69) is 54.0 Å². The van der Waals surface area contributed by atoms with E-state index in [4.69, 9.17) is 21.7 Å². The molecular formula is C20H28N3O2S2+. The maximum absolute atomic E-state index is 5.77.